The smallest absolute Gasteiger partial charge is 0.107 e. The van der Waals surface area contributed by atoms with E-state index in [0.29, 0.717) is 30.7 Å². The Balaban J connectivity index is 0.000000136. The minimum atomic E-state index is 0.283. The number of rotatable bonds is 10. The van der Waals surface area contributed by atoms with Crippen LogP contribution in [0.25, 0.3) is 0 Å². The van der Waals surface area contributed by atoms with Crippen molar-refractivity contribution in [3.63, 3.8) is 0 Å². The van der Waals surface area contributed by atoms with E-state index in [1.54, 1.807) is 0 Å². The molecule has 0 saturated heterocycles. The molecule has 0 amide bonds. The molecule has 546 valence electrons. The van der Waals surface area contributed by atoms with Crippen LogP contribution in [-0.2, 0) is 0 Å². The van der Waals surface area contributed by atoms with Crippen LogP contribution in [0.3, 0.4) is 0 Å². The van der Waals surface area contributed by atoms with Crippen molar-refractivity contribution in [1.29, 1.82) is 0 Å². The normalized spacial score (nSPS) is 18.9. The molecule has 6 atom stereocenters. The van der Waals surface area contributed by atoms with Gasteiger partial charge < -0.3 is 58.8 Å². The van der Waals surface area contributed by atoms with Gasteiger partial charge in [0.25, 0.3) is 0 Å². The highest BCUT2D eigenvalue weighted by atomic mass is 15.4. The van der Waals surface area contributed by atoms with Crippen LogP contribution in [0.15, 0.2) is 287 Å². The lowest BCUT2D eigenvalue weighted by Crippen LogP contribution is -2.39. The van der Waals surface area contributed by atoms with Crippen LogP contribution in [0.4, 0.5) is 51.2 Å². The summed E-state index contributed by atoms with van der Waals surface area (Å²) in [6.45, 7) is 39.4. The maximum absolute atomic E-state index is 2.37. The fourth-order valence-electron chi connectivity index (χ4n) is 14.6. The maximum atomic E-state index is 2.37. The van der Waals surface area contributed by atoms with E-state index >= 15 is 0 Å². The van der Waals surface area contributed by atoms with Crippen LogP contribution < -0.4 is 44.1 Å². The van der Waals surface area contributed by atoms with Crippen molar-refractivity contribution in [1.82, 2.24) is 14.7 Å². The largest absolute Gasteiger partial charge is 0.359 e. The molecule has 6 heterocycles. The lowest BCUT2D eigenvalue weighted by atomic mass is 10.1. The summed E-state index contributed by atoms with van der Waals surface area (Å²) in [7, 11) is 4.19. The van der Waals surface area contributed by atoms with Gasteiger partial charge in [-0.25, -0.2) is 0 Å². The third-order valence-corrected chi connectivity index (χ3v) is 20.9. The van der Waals surface area contributed by atoms with Gasteiger partial charge in [0.15, 0.2) is 0 Å². The number of anilines is 9. The highest BCUT2D eigenvalue weighted by Crippen LogP contribution is 2.37. The highest BCUT2D eigenvalue weighted by Gasteiger charge is 2.30. The molecule has 0 radical (unpaired) electrons. The summed E-state index contributed by atoms with van der Waals surface area (Å²) in [5, 5.41) is 0. The lowest BCUT2D eigenvalue weighted by Gasteiger charge is -2.33. The molecule has 9 aromatic rings. The molecule has 0 saturated carbocycles. The highest BCUT2D eigenvalue weighted by molar-refractivity contribution is 5.70. The third-order valence-electron chi connectivity index (χ3n) is 20.9. The summed E-state index contributed by atoms with van der Waals surface area (Å²) in [5.74, 6) is 0. The van der Waals surface area contributed by atoms with Crippen LogP contribution in [0.5, 0.6) is 0 Å². The summed E-state index contributed by atoms with van der Waals surface area (Å²) in [4.78, 5) is 27.6. The Morgan fingerprint density at radius 2 is 0.486 bits per heavy atom. The molecule has 0 aliphatic carbocycles. The molecule has 6 aliphatic heterocycles. The monoisotopic (exact) mass is 1400 g/mol. The van der Waals surface area contributed by atoms with Crippen molar-refractivity contribution in [2.24, 2.45) is 0 Å². The second-order valence-electron chi connectivity index (χ2n) is 28.8. The molecule has 15 rings (SSSR count). The predicted octanol–water partition coefficient (Wildman–Crippen LogP) is 22.1. The number of nitrogens with zero attached hydrogens (tertiary/aromatic N) is 12. The van der Waals surface area contributed by atoms with Crippen molar-refractivity contribution >= 4 is 51.2 Å². The predicted molar refractivity (Wildman–Crippen MR) is 452 cm³/mol. The molecule has 0 aromatic heterocycles. The molecule has 0 fully saturated rings. The van der Waals surface area contributed by atoms with E-state index in [1.165, 1.54) is 107 Å². The van der Waals surface area contributed by atoms with Gasteiger partial charge >= 0.3 is 0 Å². The van der Waals surface area contributed by atoms with Crippen molar-refractivity contribution in [3.8, 4) is 0 Å². The van der Waals surface area contributed by atoms with Crippen molar-refractivity contribution < 1.29 is 0 Å². The van der Waals surface area contributed by atoms with E-state index < -0.39 is 0 Å². The molecule has 0 unspecified atom stereocenters. The average Bonchev–Trinajstić information content (AvgIpc) is 1.66. The third kappa shape index (κ3) is 18.0. The summed E-state index contributed by atoms with van der Waals surface area (Å²) in [6, 6.07) is 75.2. The molecule has 12 heteroatoms. The van der Waals surface area contributed by atoms with Crippen LogP contribution >= 0.6 is 0 Å². The Morgan fingerprint density at radius 3 is 0.800 bits per heavy atom. The van der Waals surface area contributed by atoms with Crippen LogP contribution in [0, 0.1) is 69.2 Å². The molecular formula is C93H114N12. The number of hydrogen-bond acceptors (Lipinski definition) is 12. The van der Waals surface area contributed by atoms with E-state index in [0.717, 1.165) is 0 Å². The van der Waals surface area contributed by atoms with E-state index in [-0.39, 0.29) is 12.3 Å². The first-order chi connectivity index (χ1) is 50.4. The zero-order valence-corrected chi connectivity index (χ0v) is 66.0. The fourth-order valence-corrected chi connectivity index (χ4v) is 14.6. The number of benzene rings is 9. The van der Waals surface area contributed by atoms with Gasteiger partial charge in [0.1, 0.15) is 37.0 Å². The van der Waals surface area contributed by atoms with Gasteiger partial charge in [-0.05, 0) is 241 Å². The van der Waals surface area contributed by atoms with E-state index in [4.69, 9.17) is 0 Å². The Labute approximate surface area is 630 Å². The molecule has 0 N–H and O–H groups in total. The summed E-state index contributed by atoms with van der Waals surface area (Å²) >= 11 is 0. The zero-order valence-electron chi connectivity index (χ0n) is 66.0. The van der Waals surface area contributed by atoms with Gasteiger partial charge in [-0.2, -0.15) is 0 Å². The molecule has 9 aromatic carbocycles. The Bertz CT molecular complexity index is 4420. The molecule has 0 spiro atoms. The van der Waals surface area contributed by atoms with Gasteiger partial charge in [0, 0.05) is 146 Å². The maximum Gasteiger partial charge on any atom is 0.107 e. The first-order valence-corrected chi connectivity index (χ1v) is 37.3. The summed E-state index contributed by atoms with van der Waals surface area (Å²) in [6.07, 6.45) is 27.9. The van der Waals surface area contributed by atoms with Crippen LogP contribution in [0.2, 0.25) is 0 Å². The van der Waals surface area contributed by atoms with Crippen LogP contribution in [0.1, 0.15) is 111 Å². The molecular weight excluding hydrogens is 1290 g/mol. The molecule has 105 heavy (non-hydrogen) atoms. The van der Waals surface area contributed by atoms with E-state index in [9.17, 15) is 0 Å². The number of aryl methyl sites for hydroxylation is 10. The minimum Gasteiger partial charge on any atom is -0.359 e. The standard InChI is InChI=1S/2C19H22N2.C17H18N2.C14H20N2.2C12H16N2/c1-14-8-5-6-11-18(14)20-12-13-21(17(20)4)19-15(2)9-7-10-16(19)3;1-14-11-15(2)13-18(12-14)20-9-10-21(17(20)4)19-8-6-5-7-16(19)3;1-14-8-6-7-11-17(14)19-13-12-18(15(19)2)16-9-4-3-5-10-16;1-11(2)15-9-10-16(13(15)4)14-8-6-5-7-12(14)3;2*1-10-6-4-5-7-12(10)14-9-8-13(3)11(14)2/h2*5-13,17H,1-4H3;3-13,15H,1-2H3;5-11,13H,1-4H3;2*4-9,11H,1-3H3/t2*17-;15-;13-;2*11-/m011111/s1. The Morgan fingerprint density at radius 1 is 0.229 bits per heavy atom. The quantitative estimate of drug-likeness (QED) is 0.131. The number of para-hydroxylation sites is 8. The van der Waals surface area contributed by atoms with Gasteiger partial charge in [-0.3, -0.25) is 0 Å². The second-order valence-corrected chi connectivity index (χ2v) is 28.8. The lowest BCUT2D eigenvalue weighted by molar-refractivity contribution is 0.263. The van der Waals surface area contributed by atoms with Crippen molar-refractivity contribution in [2.75, 3.05) is 58.2 Å². The Hall–Kier alpha value is -11.0. The van der Waals surface area contributed by atoms with Gasteiger partial charge in [0.05, 0.1) is 0 Å². The zero-order chi connectivity index (χ0) is 75.2. The van der Waals surface area contributed by atoms with E-state index in [2.05, 4.69) is 478 Å². The first kappa shape index (κ1) is 76.7. The molecule has 12 nitrogen and oxygen atoms in total. The minimum absolute atomic E-state index is 0.283. The molecule has 6 aliphatic rings. The van der Waals surface area contributed by atoms with E-state index in [1.807, 2.05) is 6.07 Å². The average molecular weight is 1400 g/mol. The first-order valence-electron chi connectivity index (χ1n) is 37.3. The number of hydrogen-bond donors (Lipinski definition) is 0. The fraction of sp³-hybridized carbons (Fsp3) is 0.290. The second kappa shape index (κ2) is 35.0. The summed E-state index contributed by atoms with van der Waals surface area (Å²) < 4.78 is 0. The summed E-state index contributed by atoms with van der Waals surface area (Å²) in [5.41, 5.74) is 24.6. The van der Waals surface area contributed by atoms with Gasteiger partial charge in [0.2, 0.25) is 0 Å². The SMILES string of the molecule is Cc1cc(C)cc(N2C=CN(c3ccccc3C)[C@@H]2C)c1.Cc1ccccc1N1C=CN(C(C)C)[C@H]1C.Cc1ccccc1N1C=CN(C)[C@H]1C.Cc1ccccc1N1C=CN(C)[C@H]1C.Cc1ccccc1N1C=CN(c2c(C)cccc2C)[C@H]1C.Cc1ccccc1N1C=CN(c2ccccc2)[C@H]1C. The Kier molecular flexibility index (Phi) is 25.5. The van der Waals surface area contributed by atoms with Crippen LogP contribution in [-0.4, -0.2) is 71.8 Å². The van der Waals surface area contributed by atoms with Crippen molar-refractivity contribution in [2.45, 2.75) is 168 Å². The van der Waals surface area contributed by atoms with Crippen molar-refractivity contribution in [3.05, 3.63) is 342 Å². The van der Waals surface area contributed by atoms with Gasteiger partial charge in [-0.15, -0.1) is 0 Å². The topological polar surface area (TPSA) is 38.9 Å². The van der Waals surface area contributed by atoms with Gasteiger partial charge in [-0.1, -0.05) is 152 Å². The molecule has 0 bridgehead atoms.